The van der Waals surface area contributed by atoms with Gasteiger partial charge in [-0.3, -0.25) is 0 Å². The van der Waals surface area contributed by atoms with E-state index in [-0.39, 0.29) is 0 Å². The molecule has 0 heterocycles. The lowest BCUT2D eigenvalue weighted by Crippen LogP contribution is -1.44. The van der Waals surface area contributed by atoms with Crippen molar-refractivity contribution in [3.8, 4) is 0 Å². The summed E-state index contributed by atoms with van der Waals surface area (Å²) in [4.78, 5) is 0. The Kier molecular flexibility index (Phi) is 1.13. The van der Waals surface area contributed by atoms with Crippen LogP contribution in [0.25, 0.3) is 0 Å². The molecule has 0 aromatic heterocycles. The van der Waals surface area contributed by atoms with Crippen molar-refractivity contribution in [2.45, 2.75) is 0 Å². The van der Waals surface area contributed by atoms with Crippen LogP contribution >= 0.6 is 7.51 Å². The first-order valence-corrected chi connectivity index (χ1v) is 3.30. The van der Waals surface area contributed by atoms with Crippen molar-refractivity contribution in [2.75, 3.05) is 6.66 Å². The van der Waals surface area contributed by atoms with Crippen LogP contribution in [0.3, 0.4) is 0 Å². The van der Waals surface area contributed by atoms with Crippen LogP contribution in [0.2, 0.25) is 0 Å². The van der Waals surface area contributed by atoms with Crippen molar-refractivity contribution >= 4 is 13.8 Å². The van der Waals surface area contributed by atoms with Gasteiger partial charge in [-0.05, 0) is 6.30 Å². The molecular weight excluding hydrogens is 93.0 g/mol. The third-order valence-corrected chi connectivity index (χ3v) is 0. The number of hydrogen-bond donors (Lipinski definition) is 0. The summed E-state index contributed by atoms with van der Waals surface area (Å²) in [6.45, 7) is 0.854. The highest BCUT2D eigenvalue weighted by molar-refractivity contribution is 7.62. The highest BCUT2D eigenvalue weighted by Gasteiger charge is 1.93. The molecule has 0 radical (unpaired) electrons. The predicted octanol–water partition coefficient (Wildman–Crippen LogP) is 1.83. The van der Waals surface area contributed by atoms with Gasteiger partial charge < -0.3 is 0 Å². The van der Waals surface area contributed by atoms with Crippen molar-refractivity contribution in [1.82, 2.24) is 0 Å². The van der Waals surface area contributed by atoms with Gasteiger partial charge in [0.1, 0.15) is 0 Å². The first kappa shape index (κ1) is 5.16. The fourth-order valence-electron chi connectivity index (χ4n) is 0. The minimum absolute atomic E-state index is 0.854. The van der Waals surface area contributed by atoms with Gasteiger partial charge in [0.2, 0.25) is 7.51 Å². The average molecular weight is 98.0 g/mol. The Morgan fingerprint density at radius 2 is 1.60 bits per heavy atom. The second-order valence-electron chi connectivity index (χ2n) is 0.957. The molecule has 0 aliphatic carbocycles. The molecule has 0 spiro atoms. The molecule has 0 aromatic rings. The van der Waals surface area contributed by atoms with Crippen LogP contribution in [0.15, 0.2) is 0 Å². The highest BCUT2D eigenvalue weighted by atomic mass is 31.2. The van der Waals surface area contributed by atoms with Crippen LogP contribution in [0.4, 0.5) is 8.39 Å². The molecule has 0 rings (SSSR count). The smallest absolute Gasteiger partial charge is 0.195 e. The Morgan fingerprint density at radius 3 is 1.60 bits per heavy atom. The van der Waals surface area contributed by atoms with Crippen LogP contribution in [-0.2, 0) is 0 Å². The molecule has 3 heteroatoms. The summed E-state index contributed by atoms with van der Waals surface area (Å²) in [5.74, 6) is 0. The first-order valence-electron chi connectivity index (χ1n) is 1.10. The van der Waals surface area contributed by atoms with Gasteiger partial charge in [0.05, 0.1) is 0 Å². The zero-order valence-corrected chi connectivity index (χ0v) is 3.80. The summed E-state index contributed by atoms with van der Waals surface area (Å²) in [6, 6.07) is 0. The van der Waals surface area contributed by atoms with Crippen molar-refractivity contribution in [3.63, 3.8) is 0 Å². The van der Waals surface area contributed by atoms with E-state index in [1.807, 2.05) is 0 Å². The van der Waals surface area contributed by atoms with Gasteiger partial charge in [-0.25, -0.2) is 0 Å². The van der Waals surface area contributed by atoms with Crippen molar-refractivity contribution in [3.05, 3.63) is 0 Å². The van der Waals surface area contributed by atoms with Gasteiger partial charge in [-0.2, -0.15) is 8.39 Å². The summed E-state index contributed by atoms with van der Waals surface area (Å²) >= 11 is 0. The standard InChI is InChI=1S/C2H5F2P/c1-5(2,3)4/h1H2,2H3. The second kappa shape index (κ2) is 1.09. The van der Waals surface area contributed by atoms with Crippen LogP contribution in [0.1, 0.15) is 0 Å². The Bertz CT molecular complexity index is 53.8. The highest BCUT2D eigenvalue weighted by Crippen LogP contribution is 2.43. The normalized spacial score (nSPS) is 11.8. The largest absolute Gasteiger partial charge is 0.204 e. The maximum Gasteiger partial charge on any atom is 0.204 e. The summed E-state index contributed by atoms with van der Waals surface area (Å²) < 4.78 is 22.0. The molecule has 0 atom stereocenters. The minimum atomic E-state index is -3.64. The maximum atomic E-state index is 11.0. The van der Waals surface area contributed by atoms with Crippen LogP contribution in [-0.4, -0.2) is 13.0 Å². The van der Waals surface area contributed by atoms with Gasteiger partial charge in [0.15, 0.2) is 0 Å². The lowest BCUT2D eigenvalue weighted by atomic mass is 11.9. The molecule has 0 amide bonds. The summed E-state index contributed by atoms with van der Waals surface area (Å²) in [5, 5.41) is 0. The summed E-state index contributed by atoms with van der Waals surface area (Å²) in [6.07, 6.45) is 2.55. The van der Waals surface area contributed by atoms with E-state index in [1.165, 1.54) is 0 Å². The zero-order chi connectivity index (χ0) is 4.50. The van der Waals surface area contributed by atoms with E-state index >= 15 is 0 Å². The van der Waals surface area contributed by atoms with E-state index in [0.29, 0.717) is 0 Å². The lowest BCUT2D eigenvalue weighted by Gasteiger charge is -1.83. The topological polar surface area (TPSA) is 0 Å². The van der Waals surface area contributed by atoms with Gasteiger partial charge in [-0.15, -0.1) is 0 Å². The quantitative estimate of drug-likeness (QED) is 0.405. The van der Waals surface area contributed by atoms with Crippen LogP contribution in [0, 0.1) is 0 Å². The van der Waals surface area contributed by atoms with Gasteiger partial charge in [-0.1, -0.05) is 0 Å². The van der Waals surface area contributed by atoms with Crippen LogP contribution in [0.5, 0.6) is 0 Å². The molecule has 32 valence electrons. The van der Waals surface area contributed by atoms with E-state index in [1.54, 1.807) is 0 Å². The number of hydrogen-bond acceptors (Lipinski definition) is 0. The first-order chi connectivity index (χ1) is 2.00. The molecule has 0 aliphatic rings. The molecule has 0 unspecified atom stereocenters. The van der Waals surface area contributed by atoms with E-state index in [4.69, 9.17) is 0 Å². The summed E-state index contributed by atoms with van der Waals surface area (Å²) in [5.41, 5.74) is 0. The summed E-state index contributed by atoms with van der Waals surface area (Å²) in [7, 11) is -3.64. The molecule has 0 fully saturated rings. The molecule has 0 aliphatic heterocycles. The van der Waals surface area contributed by atoms with Gasteiger partial charge in [0, 0.05) is 6.66 Å². The molecule has 0 nitrogen and oxygen atoms in total. The van der Waals surface area contributed by atoms with E-state index in [0.717, 1.165) is 6.66 Å². The van der Waals surface area contributed by atoms with Crippen molar-refractivity contribution in [1.29, 1.82) is 0 Å². The number of halogens is 2. The molecule has 0 saturated heterocycles. The molecule has 0 bridgehead atoms. The van der Waals surface area contributed by atoms with E-state index in [2.05, 4.69) is 6.30 Å². The average Bonchev–Trinajstić information content (AvgIpc) is 0.722. The maximum absolute atomic E-state index is 11.0. The Labute approximate surface area is 30.0 Å². The van der Waals surface area contributed by atoms with Crippen molar-refractivity contribution < 1.29 is 8.39 Å². The third kappa shape index (κ3) is 758. The van der Waals surface area contributed by atoms with Gasteiger partial charge in [0.25, 0.3) is 0 Å². The number of rotatable bonds is 0. The molecule has 0 saturated carbocycles. The molecular formula is C2H5F2P. The minimum Gasteiger partial charge on any atom is -0.195 e. The monoisotopic (exact) mass is 98.0 g/mol. The molecule has 0 aromatic carbocycles. The second-order valence-corrected chi connectivity index (χ2v) is 2.87. The third-order valence-electron chi connectivity index (χ3n) is 0. The lowest BCUT2D eigenvalue weighted by molar-refractivity contribution is 0.749. The Hall–Kier alpha value is 0.160. The SMILES string of the molecule is C=P(C)(F)F. The zero-order valence-electron chi connectivity index (χ0n) is 2.91. The predicted molar refractivity (Wildman–Crippen MR) is 22.2 cm³/mol. The van der Waals surface area contributed by atoms with E-state index < -0.39 is 7.51 Å². The fraction of sp³-hybridized carbons (Fsp3) is 0.500. The Balaban J connectivity index is 3.47. The Morgan fingerprint density at radius 1 is 1.60 bits per heavy atom. The van der Waals surface area contributed by atoms with Gasteiger partial charge >= 0.3 is 0 Å². The van der Waals surface area contributed by atoms with E-state index in [9.17, 15) is 8.39 Å². The van der Waals surface area contributed by atoms with Crippen LogP contribution < -0.4 is 0 Å². The fourth-order valence-corrected chi connectivity index (χ4v) is 0. The van der Waals surface area contributed by atoms with Crippen molar-refractivity contribution in [2.24, 2.45) is 0 Å². The molecule has 5 heavy (non-hydrogen) atoms. The molecule has 0 N–H and O–H groups in total.